The number of imidazole rings is 1. The molecule has 148 valence electrons. The third-order valence-electron chi connectivity index (χ3n) is 5.60. The van der Waals surface area contributed by atoms with Gasteiger partial charge in [0.1, 0.15) is 0 Å². The van der Waals surface area contributed by atoms with E-state index >= 15 is 0 Å². The van der Waals surface area contributed by atoms with Crippen molar-refractivity contribution >= 4 is 29.0 Å². The Bertz CT molecular complexity index is 1060. The molecule has 2 N–H and O–H groups in total. The molecule has 1 saturated heterocycles. The molecular weight excluding hydrogens is 366 g/mol. The van der Waals surface area contributed by atoms with E-state index in [4.69, 9.17) is 0 Å². The van der Waals surface area contributed by atoms with Gasteiger partial charge in [0.2, 0.25) is 0 Å². The number of fused-ring (bicyclic) bond motifs is 1. The highest BCUT2D eigenvalue weighted by atomic mass is 16.4. The van der Waals surface area contributed by atoms with Crippen molar-refractivity contribution in [2.45, 2.75) is 19.3 Å². The van der Waals surface area contributed by atoms with Crippen LogP contribution in [0.4, 0.5) is 0 Å². The first-order valence-corrected chi connectivity index (χ1v) is 9.75. The summed E-state index contributed by atoms with van der Waals surface area (Å²) in [6.45, 7) is 0.776. The number of rotatable bonds is 5. The lowest BCUT2D eigenvalue weighted by atomic mass is 9.76. The number of carboxylic acids is 1. The number of piperidine rings is 1. The first kappa shape index (κ1) is 18.9. The third kappa shape index (κ3) is 3.92. The normalized spacial score (nSPS) is 19.7. The van der Waals surface area contributed by atoms with Crippen LogP contribution in [0.5, 0.6) is 0 Å². The SMILES string of the molecule is O=C(c1ccc2nc[nH]c2c1)N1CCC[C@](C/C=C/c2ccccc2)(C(=O)O)C1. The zero-order chi connectivity index (χ0) is 20.3. The van der Waals surface area contributed by atoms with Crippen molar-refractivity contribution in [3.8, 4) is 0 Å². The number of carbonyl (C=O) groups is 2. The molecule has 0 saturated carbocycles. The Balaban J connectivity index is 1.52. The van der Waals surface area contributed by atoms with Crippen molar-refractivity contribution in [3.05, 3.63) is 72.1 Å². The average Bonchev–Trinajstić information content (AvgIpc) is 3.22. The highest BCUT2D eigenvalue weighted by Gasteiger charge is 2.42. The molecule has 0 aliphatic carbocycles. The molecule has 1 aliphatic rings. The van der Waals surface area contributed by atoms with E-state index in [-0.39, 0.29) is 12.5 Å². The molecule has 3 aromatic rings. The molecule has 6 heteroatoms. The van der Waals surface area contributed by atoms with Crippen LogP contribution in [0.1, 0.15) is 35.2 Å². The molecular formula is C23H23N3O3. The molecule has 0 unspecified atom stereocenters. The van der Waals surface area contributed by atoms with Gasteiger partial charge in [-0.1, -0.05) is 42.5 Å². The van der Waals surface area contributed by atoms with Gasteiger partial charge in [-0.25, -0.2) is 4.98 Å². The van der Waals surface area contributed by atoms with Gasteiger partial charge in [-0.2, -0.15) is 0 Å². The monoisotopic (exact) mass is 389 g/mol. The number of amides is 1. The van der Waals surface area contributed by atoms with Gasteiger partial charge in [0, 0.05) is 18.7 Å². The van der Waals surface area contributed by atoms with Gasteiger partial charge in [-0.3, -0.25) is 9.59 Å². The van der Waals surface area contributed by atoms with Crippen LogP contribution in [0.2, 0.25) is 0 Å². The Labute approximate surface area is 168 Å². The molecule has 29 heavy (non-hydrogen) atoms. The van der Waals surface area contributed by atoms with Crippen LogP contribution < -0.4 is 0 Å². The molecule has 2 aromatic carbocycles. The van der Waals surface area contributed by atoms with E-state index in [1.807, 2.05) is 42.5 Å². The first-order chi connectivity index (χ1) is 14.1. The number of hydrogen-bond donors (Lipinski definition) is 2. The number of carboxylic acid groups (broad SMARTS) is 1. The maximum Gasteiger partial charge on any atom is 0.311 e. The molecule has 1 amide bonds. The van der Waals surface area contributed by atoms with Crippen molar-refractivity contribution in [3.63, 3.8) is 0 Å². The van der Waals surface area contributed by atoms with Gasteiger partial charge in [0.15, 0.2) is 0 Å². The zero-order valence-electron chi connectivity index (χ0n) is 16.0. The second kappa shape index (κ2) is 7.91. The lowest BCUT2D eigenvalue weighted by Crippen LogP contribution is -2.49. The van der Waals surface area contributed by atoms with Crippen LogP contribution in [0.3, 0.4) is 0 Å². The van der Waals surface area contributed by atoms with Crippen molar-refractivity contribution in [1.82, 2.24) is 14.9 Å². The summed E-state index contributed by atoms with van der Waals surface area (Å²) >= 11 is 0. The van der Waals surface area contributed by atoms with E-state index in [1.54, 1.807) is 29.4 Å². The van der Waals surface area contributed by atoms with Gasteiger partial charge in [-0.05, 0) is 43.0 Å². The second-order valence-corrected chi connectivity index (χ2v) is 7.57. The fourth-order valence-electron chi connectivity index (χ4n) is 3.97. The number of aromatic amines is 1. The van der Waals surface area contributed by atoms with Crippen LogP contribution in [0.25, 0.3) is 17.1 Å². The van der Waals surface area contributed by atoms with Crippen molar-refractivity contribution in [1.29, 1.82) is 0 Å². The summed E-state index contributed by atoms with van der Waals surface area (Å²) in [5.74, 6) is -0.990. The van der Waals surface area contributed by atoms with Crippen LogP contribution in [0.15, 0.2) is 60.9 Å². The van der Waals surface area contributed by atoms with Gasteiger partial charge in [-0.15, -0.1) is 0 Å². The predicted octanol–water partition coefficient (Wildman–Crippen LogP) is 3.97. The Hall–Kier alpha value is -3.41. The van der Waals surface area contributed by atoms with E-state index in [0.717, 1.165) is 16.6 Å². The smallest absolute Gasteiger partial charge is 0.311 e. The second-order valence-electron chi connectivity index (χ2n) is 7.57. The van der Waals surface area contributed by atoms with Crippen LogP contribution in [-0.4, -0.2) is 44.9 Å². The number of nitrogens with zero attached hydrogens (tertiary/aromatic N) is 2. The lowest BCUT2D eigenvalue weighted by Gasteiger charge is -2.39. The van der Waals surface area contributed by atoms with Crippen molar-refractivity contribution in [2.75, 3.05) is 13.1 Å². The Morgan fingerprint density at radius 3 is 2.83 bits per heavy atom. The summed E-state index contributed by atoms with van der Waals surface area (Å²) in [4.78, 5) is 34.1. The molecule has 1 aliphatic heterocycles. The molecule has 2 heterocycles. The summed E-state index contributed by atoms with van der Waals surface area (Å²) in [6.07, 6.45) is 7.06. The molecule has 1 fully saturated rings. The van der Waals surface area contributed by atoms with Gasteiger partial charge < -0.3 is 15.0 Å². The number of aliphatic carboxylic acids is 1. The Morgan fingerprint density at radius 1 is 1.21 bits per heavy atom. The summed E-state index contributed by atoms with van der Waals surface area (Å²) < 4.78 is 0. The number of benzene rings is 2. The average molecular weight is 389 g/mol. The summed E-state index contributed by atoms with van der Waals surface area (Å²) in [7, 11) is 0. The minimum absolute atomic E-state index is 0.140. The van der Waals surface area contributed by atoms with E-state index in [9.17, 15) is 14.7 Å². The number of carbonyl (C=O) groups excluding carboxylic acids is 1. The molecule has 0 radical (unpaired) electrons. The number of hydrogen-bond acceptors (Lipinski definition) is 3. The number of likely N-dealkylation sites (tertiary alicyclic amines) is 1. The number of aromatic nitrogens is 2. The van der Waals surface area contributed by atoms with Crippen LogP contribution in [-0.2, 0) is 4.79 Å². The highest BCUT2D eigenvalue weighted by Crippen LogP contribution is 2.35. The van der Waals surface area contributed by atoms with Crippen LogP contribution >= 0.6 is 0 Å². The topological polar surface area (TPSA) is 86.3 Å². The van der Waals surface area contributed by atoms with Gasteiger partial charge in [0.05, 0.1) is 22.8 Å². The standard InChI is InChI=1S/C23H23N3O3/c27-21(18-9-10-19-20(14-18)25-16-24-19)26-13-5-12-23(15-26,22(28)29)11-4-8-17-6-2-1-3-7-17/h1-4,6-10,14,16H,5,11-13,15H2,(H,24,25)(H,28,29)/b8-4+/t23-/m0/s1. The highest BCUT2D eigenvalue weighted by molar-refractivity contribution is 5.97. The molecule has 0 spiro atoms. The number of allylic oxidation sites excluding steroid dienone is 1. The third-order valence-corrected chi connectivity index (χ3v) is 5.60. The van der Waals surface area contributed by atoms with E-state index < -0.39 is 11.4 Å². The lowest BCUT2D eigenvalue weighted by molar-refractivity contribution is -0.151. The number of H-pyrrole nitrogens is 1. The summed E-state index contributed by atoms with van der Waals surface area (Å²) in [5, 5.41) is 9.98. The molecule has 4 rings (SSSR count). The maximum atomic E-state index is 13.1. The molecule has 1 atom stereocenters. The van der Waals surface area contributed by atoms with Crippen molar-refractivity contribution < 1.29 is 14.7 Å². The molecule has 1 aromatic heterocycles. The largest absolute Gasteiger partial charge is 0.481 e. The minimum Gasteiger partial charge on any atom is -0.481 e. The molecule has 0 bridgehead atoms. The Morgan fingerprint density at radius 2 is 2.03 bits per heavy atom. The predicted molar refractivity (Wildman–Crippen MR) is 111 cm³/mol. The van der Waals surface area contributed by atoms with E-state index in [2.05, 4.69) is 9.97 Å². The van der Waals surface area contributed by atoms with Crippen molar-refractivity contribution in [2.24, 2.45) is 5.41 Å². The summed E-state index contributed by atoms with van der Waals surface area (Å²) in [5.41, 5.74) is 2.21. The van der Waals surface area contributed by atoms with Crippen LogP contribution in [0, 0.1) is 5.41 Å². The zero-order valence-corrected chi connectivity index (χ0v) is 16.0. The fraction of sp³-hybridized carbons (Fsp3) is 0.261. The Kier molecular flexibility index (Phi) is 5.16. The first-order valence-electron chi connectivity index (χ1n) is 9.75. The number of nitrogens with one attached hydrogen (secondary N) is 1. The molecule has 6 nitrogen and oxygen atoms in total. The maximum absolute atomic E-state index is 13.1. The van der Waals surface area contributed by atoms with Gasteiger partial charge >= 0.3 is 5.97 Å². The summed E-state index contributed by atoms with van der Waals surface area (Å²) in [6, 6.07) is 15.1. The minimum atomic E-state index is -0.961. The van der Waals surface area contributed by atoms with Gasteiger partial charge in [0.25, 0.3) is 5.91 Å². The quantitative estimate of drug-likeness (QED) is 0.691. The van der Waals surface area contributed by atoms with E-state index in [0.29, 0.717) is 31.4 Å². The van der Waals surface area contributed by atoms with E-state index in [1.165, 1.54) is 0 Å². The fourth-order valence-corrected chi connectivity index (χ4v) is 3.97.